The molecule has 0 atom stereocenters. The van der Waals surface area contributed by atoms with Crippen molar-refractivity contribution in [2.75, 3.05) is 11.9 Å². The fourth-order valence-electron chi connectivity index (χ4n) is 1.14. The quantitative estimate of drug-likeness (QED) is 0.538. The Labute approximate surface area is 77.6 Å². The molecule has 0 saturated heterocycles. The van der Waals surface area contributed by atoms with Gasteiger partial charge in [-0.3, -0.25) is 5.26 Å². The highest BCUT2D eigenvalue weighted by atomic mass is 17.1. The maximum absolute atomic E-state index is 8.21. The molecule has 70 valence electrons. The van der Waals surface area contributed by atoms with Crippen molar-refractivity contribution in [2.45, 2.75) is 6.42 Å². The smallest absolute Gasteiger partial charge is 0.0860 e. The largest absolute Gasteiger partial charge is 0.362 e. The highest BCUT2D eigenvalue weighted by Crippen LogP contribution is 2.15. The molecule has 2 N–H and O–H groups in total. The first-order valence-corrected chi connectivity index (χ1v) is 4.10. The van der Waals surface area contributed by atoms with E-state index in [1.54, 1.807) is 6.20 Å². The Bertz CT molecular complexity index is 273. The molecule has 0 aliphatic rings. The fraction of sp³-hybridized carbons (Fsp3) is 0.200. The van der Waals surface area contributed by atoms with Gasteiger partial charge >= 0.3 is 0 Å². The van der Waals surface area contributed by atoms with Crippen LogP contribution in [0.25, 0.3) is 0 Å². The number of hydrogen-bond acceptors (Lipinski definition) is 3. The minimum Gasteiger partial charge on any atom is -0.362 e. The lowest BCUT2D eigenvalue weighted by Gasteiger charge is -2.07. The summed E-state index contributed by atoms with van der Waals surface area (Å²) in [5.74, 6) is 0. The summed E-state index contributed by atoms with van der Waals surface area (Å²) < 4.78 is 0. The van der Waals surface area contributed by atoms with E-state index < -0.39 is 0 Å². The standard InChI is InChI=1S/C10H13NO2/c1-2-11-10-6-4-3-5-9(10)7-8-13-12/h2-6,11-12H,1,7-8H2. The number of para-hydroxylation sites is 1. The van der Waals surface area contributed by atoms with E-state index in [1.165, 1.54) is 0 Å². The van der Waals surface area contributed by atoms with Crippen molar-refractivity contribution < 1.29 is 10.1 Å². The van der Waals surface area contributed by atoms with Gasteiger partial charge in [0.15, 0.2) is 0 Å². The third-order valence-corrected chi connectivity index (χ3v) is 1.74. The molecular formula is C10H13NO2. The van der Waals surface area contributed by atoms with Crippen LogP contribution < -0.4 is 5.32 Å². The van der Waals surface area contributed by atoms with Crippen LogP contribution in [0.15, 0.2) is 37.0 Å². The van der Waals surface area contributed by atoms with E-state index in [4.69, 9.17) is 5.26 Å². The summed E-state index contributed by atoms with van der Waals surface area (Å²) >= 11 is 0. The van der Waals surface area contributed by atoms with Crippen molar-refractivity contribution in [1.82, 2.24) is 0 Å². The van der Waals surface area contributed by atoms with Gasteiger partial charge in [-0.15, -0.1) is 0 Å². The third-order valence-electron chi connectivity index (χ3n) is 1.74. The molecule has 0 heterocycles. The zero-order chi connectivity index (χ0) is 9.52. The summed E-state index contributed by atoms with van der Waals surface area (Å²) in [4.78, 5) is 4.03. The summed E-state index contributed by atoms with van der Waals surface area (Å²) in [5, 5.41) is 11.2. The van der Waals surface area contributed by atoms with Gasteiger partial charge in [0.05, 0.1) is 6.61 Å². The lowest BCUT2D eigenvalue weighted by molar-refractivity contribution is -0.241. The van der Waals surface area contributed by atoms with Crippen molar-refractivity contribution >= 4 is 5.69 Å². The van der Waals surface area contributed by atoms with E-state index in [9.17, 15) is 0 Å². The first-order valence-electron chi connectivity index (χ1n) is 4.10. The first-order chi connectivity index (χ1) is 6.38. The van der Waals surface area contributed by atoms with E-state index in [1.807, 2.05) is 24.3 Å². The summed E-state index contributed by atoms with van der Waals surface area (Å²) in [6, 6.07) is 7.81. The lowest BCUT2D eigenvalue weighted by atomic mass is 10.1. The second kappa shape index (κ2) is 5.35. The van der Waals surface area contributed by atoms with Gasteiger partial charge in [-0.2, -0.15) is 0 Å². The summed E-state index contributed by atoms with van der Waals surface area (Å²) in [6.07, 6.45) is 2.30. The molecule has 0 aliphatic carbocycles. The first kappa shape index (κ1) is 9.77. The second-order valence-corrected chi connectivity index (χ2v) is 2.59. The van der Waals surface area contributed by atoms with Gasteiger partial charge in [-0.1, -0.05) is 24.8 Å². The van der Waals surface area contributed by atoms with Gasteiger partial charge in [0, 0.05) is 12.1 Å². The Kier molecular flexibility index (Phi) is 4.02. The minimum atomic E-state index is 0.301. The molecule has 0 aliphatic heterocycles. The van der Waals surface area contributed by atoms with Crippen LogP contribution in [-0.4, -0.2) is 11.9 Å². The highest BCUT2D eigenvalue weighted by molar-refractivity contribution is 5.52. The molecule has 0 aromatic heterocycles. The van der Waals surface area contributed by atoms with Crippen molar-refractivity contribution in [3.8, 4) is 0 Å². The number of nitrogens with one attached hydrogen (secondary N) is 1. The van der Waals surface area contributed by atoms with Crippen LogP contribution in [0.3, 0.4) is 0 Å². The molecular weight excluding hydrogens is 166 g/mol. The van der Waals surface area contributed by atoms with Crippen molar-refractivity contribution in [3.63, 3.8) is 0 Å². The molecule has 3 nitrogen and oxygen atoms in total. The number of hydrogen-bond donors (Lipinski definition) is 2. The van der Waals surface area contributed by atoms with Crippen LogP contribution in [0, 0.1) is 0 Å². The molecule has 0 amide bonds. The van der Waals surface area contributed by atoms with E-state index >= 15 is 0 Å². The Morgan fingerprint density at radius 3 is 2.92 bits per heavy atom. The third kappa shape index (κ3) is 2.89. The minimum absolute atomic E-state index is 0.301. The van der Waals surface area contributed by atoms with E-state index in [0.29, 0.717) is 13.0 Å². The summed E-state index contributed by atoms with van der Waals surface area (Å²) in [5.41, 5.74) is 2.09. The van der Waals surface area contributed by atoms with Crippen LogP contribution in [0.1, 0.15) is 5.56 Å². The summed E-state index contributed by atoms with van der Waals surface area (Å²) in [7, 11) is 0. The molecule has 0 unspecified atom stereocenters. The predicted molar refractivity (Wildman–Crippen MR) is 52.5 cm³/mol. The van der Waals surface area contributed by atoms with Crippen molar-refractivity contribution in [2.24, 2.45) is 0 Å². The summed E-state index contributed by atoms with van der Waals surface area (Å²) in [6.45, 7) is 3.89. The average Bonchev–Trinajstić information content (AvgIpc) is 2.17. The molecule has 0 saturated carbocycles. The van der Waals surface area contributed by atoms with Crippen LogP contribution in [0.5, 0.6) is 0 Å². The zero-order valence-corrected chi connectivity index (χ0v) is 7.36. The van der Waals surface area contributed by atoms with Crippen molar-refractivity contribution in [1.29, 1.82) is 0 Å². The van der Waals surface area contributed by atoms with Gasteiger partial charge < -0.3 is 5.32 Å². The molecule has 3 heteroatoms. The number of benzene rings is 1. The SMILES string of the molecule is C=CNc1ccccc1CCOO. The normalized spacial score (nSPS) is 9.62. The maximum Gasteiger partial charge on any atom is 0.0860 e. The molecule has 1 aromatic rings. The topological polar surface area (TPSA) is 41.5 Å². The van der Waals surface area contributed by atoms with Crippen LogP contribution in [-0.2, 0) is 11.3 Å². The fourth-order valence-corrected chi connectivity index (χ4v) is 1.14. The monoisotopic (exact) mass is 179 g/mol. The molecule has 1 rings (SSSR count). The zero-order valence-electron chi connectivity index (χ0n) is 7.36. The van der Waals surface area contributed by atoms with E-state index in [0.717, 1.165) is 11.3 Å². The average molecular weight is 179 g/mol. The molecule has 0 radical (unpaired) electrons. The van der Waals surface area contributed by atoms with Gasteiger partial charge in [0.25, 0.3) is 0 Å². The van der Waals surface area contributed by atoms with Gasteiger partial charge in [-0.25, -0.2) is 4.89 Å². The number of anilines is 1. The second-order valence-electron chi connectivity index (χ2n) is 2.59. The molecule has 13 heavy (non-hydrogen) atoms. The van der Waals surface area contributed by atoms with Crippen molar-refractivity contribution in [3.05, 3.63) is 42.6 Å². The van der Waals surface area contributed by atoms with Crippen LogP contribution in [0.2, 0.25) is 0 Å². The van der Waals surface area contributed by atoms with Gasteiger partial charge in [0.1, 0.15) is 0 Å². The van der Waals surface area contributed by atoms with E-state index in [-0.39, 0.29) is 0 Å². The van der Waals surface area contributed by atoms with Gasteiger partial charge in [0.2, 0.25) is 0 Å². The Balaban J connectivity index is 2.71. The van der Waals surface area contributed by atoms with Crippen LogP contribution >= 0.6 is 0 Å². The van der Waals surface area contributed by atoms with Gasteiger partial charge in [-0.05, 0) is 17.8 Å². The Morgan fingerprint density at radius 1 is 1.46 bits per heavy atom. The van der Waals surface area contributed by atoms with Crippen LogP contribution in [0.4, 0.5) is 5.69 Å². The predicted octanol–water partition coefficient (Wildman–Crippen LogP) is 2.27. The molecule has 0 bridgehead atoms. The lowest BCUT2D eigenvalue weighted by Crippen LogP contribution is -1.99. The molecule has 0 fully saturated rings. The highest BCUT2D eigenvalue weighted by Gasteiger charge is 1.98. The molecule has 0 spiro atoms. The van der Waals surface area contributed by atoms with E-state index in [2.05, 4.69) is 16.8 Å². The Morgan fingerprint density at radius 2 is 2.23 bits per heavy atom. The maximum atomic E-state index is 8.21. The Hall–Kier alpha value is -1.32. The number of rotatable bonds is 5. The molecule has 1 aromatic carbocycles.